The molecule has 2 heterocycles. The fourth-order valence-corrected chi connectivity index (χ4v) is 3.35. The Bertz CT molecular complexity index is 462. The Labute approximate surface area is 101 Å². The molecule has 0 saturated carbocycles. The summed E-state index contributed by atoms with van der Waals surface area (Å²) in [6.45, 7) is 1.05. The number of sulfonamides is 1. The number of hydrogen-bond donors (Lipinski definition) is 1. The van der Waals surface area contributed by atoms with Crippen LogP contribution >= 0.6 is 0 Å². The van der Waals surface area contributed by atoms with Gasteiger partial charge in [0.15, 0.2) is 5.03 Å². The van der Waals surface area contributed by atoms with E-state index in [1.165, 1.54) is 22.9 Å². The zero-order valence-corrected chi connectivity index (χ0v) is 10.5. The van der Waals surface area contributed by atoms with E-state index in [9.17, 15) is 8.42 Å². The van der Waals surface area contributed by atoms with Crippen molar-refractivity contribution in [3.63, 3.8) is 0 Å². The van der Waals surface area contributed by atoms with E-state index in [1.54, 1.807) is 0 Å². The second kappa shape index (κ2) is 5.07. The topological polar surface area (TPSA) is 75.2 Å². The molecule has 0 unspecified atom stereocenters. The summed E-state index contributed by atoms with van der Waals surface area (Å²) in [5, 5.41) is 3.14. The van der Waals surface area contributed by atoms with Crippen LogP contribution in [-0.4, -0.2) is 48.9 Å². The highest BCUT2D eigenvalue weighted by molar-refractivity contribution is 7.89. The lowest BCUT2D eigenvalue weighted by molar-refractivity contribution is 0.292. The molecule has 6 nitrogen and oxygen atoms in total. The molecule has 1 aromatic rings. The van der Waals surface area contributed by atoms with Gasteiger partial charge in [0, 0.05) is 31.5 Å². The maximum absolute atomic E-state index is 12.2. The van der Waals surface area contributed by atoms with E-state index < -0.39 is 10.0 Å². The maximum atomic E-state index is 12.2. The highest BCUT2D eigenvalue weighted by atomic mass is 32.2. The Kier molecular flexibility index (Phi) is 3.70. The number of nitrogens with zero attached hydrogens (tertiary/aromatic N) is 3. The first kappa shape index (κ1) is 12.4. The van der Waals surface area contributed by atoms with Gasteiger partial charge in [-0.15, -0.1) is 0 Å². The number of hydrogen-bond acceptors (Lipinski definition) is 5. The molecular formula is C10H16N4O2S. The van der Waals surface area contributed by atoms with Crippen molar-refractivity contribution in [2.45, 2.75) is 23.9 Å². The van der Waals surface area contributed by atoms with Gasteiger partial charge >= 0.3 is 0 Å². The molecule has 0 spiro atoms. The van der Waals surface area contributed by atoms with E-state index in [1.807, 2.05) is 7.05 Å². The van der Waals surface area contributed by atoms with E-state index in [2.05, 4.69) is 15.3 Å². The van der Waals surface area contributed by atoms with Crippen LogP contribution in [0.1, 0.15) is 12.8 Å². The molecule has 0 bridgehead atoms. The summed E-state index contributed by atoms with van der Waals surface area (Å²) in [5.74, 6) is 0. The lowest BCUT2D eigenvalue weighted by atomic mass is 10.1. The van der Waals surface area contributed by atoms with E-state index in [0.29, 0.717) is 13.1 Å². The summed E-state index contributed by atoms with van der Waals surface area (Å²) in [7, 11) is -1.64. The highest BCUT2D eigenvalue weighted by Crippen LogP contribution is 2.18. The molecule has 0 aromatic carbocycles. The van der Waals surface area contributed by atoms with Crippen LogP contribution in [-0.2, 0) is 10.0 Å². The van der Waals surface area contributed by atoms with E-state index in [-0.39, 0.29) is 11.1 Å². The molecular weight excluding hydrogens is 240 g/mol. The first-order valence-electron chi connectivity index (χ1n) is 5.58. The maximum Gasteiger partial charge on any atom is 0.262 e. The highest BCUT2D eigenvalue weighted by Gasteiger charge is 2.30. The van der Waals surface area contributed by atoms with Crippen LogP contribution < -0.4 is 5.32 Å². The molecule has 7 heteroatoms. The number of aromatic nitrogens is 2. The van der Waals surface area contributed by atoms with Crippen molar-refractivity contribution in [1.29, 1.82) is 0 Å². The lowest BCUT2D eigenvalue weighted by Gasteiger charge is -2.31. The largest absolute Gasteiger partial charge is 0.316 e. The zero-order chi connectivity index (χ0) is 12.3. The molecule has 17 heavy (non-hydrogen) atoms. The predicted octanol–water partition coefficient (Wildman–Crippen LogP) is -0.151. The summed E-state index contributed by atoms with van der Waals surface area (Å²) in [5.41, 5.74) is 0. The van der Waals surface area contributed by atoms with Crippen molar-refractivity contribution >= 4 is 10.0 Å². The third-order valence-corrected chi connectivity index (χ3v) is 4.69. The number of piperidine rings is 1. The van der Waals surface area contributed by atoms with Gasteiger partial charge in [0.2, 0.25) is 0 Å². The fraction of sp³-hybridized carbons (Fsp3) is 0.600. The van der Waals surface area contributed by atoms with Crippen LogP contribution in [0, 0.1) is 0 Å². The Balaban J connectivity index is 2.21. The quantitative estimate of drug-likeness (QED) is 0.814. The molecule has 1 saturated heterocycles. The first-order valence-corrected chi connectivity index (χ1v) is 7.02. The predicted molar refractivity (Wildman–Crippen MR) is 62.9 cm³/mol. The van der Waals surface area contributed by atoms with Crippen LogP contribution in [0.15, 0.2) is 23.6 Å². The van der Waals surface area contributed by atoms with Crippen molar-refractivity contribution in [2.75, 3.05) is 20.1 Å². The van der Waals surface area contributed by atoms with Crippen molar-refractivity contribution in [3.05, 3.63) is 18.6 Å². The fourth-order valence-electron chi connectivity index (χ4n) is 1.95. The van der Waals surface area contributed by atoms with Crippen LogP contribution in [0.2, 0.25) is 0 Å². The Morgan fingerprint density at radius 1 is 1.47 bits per heavy atom. The standard InChI is InChI=1S/C10H16N4O2S/c1-11-9-3-2-6-14(8-9)17(15,16)10-7-12-4-5-13-10/h4-5,7,9,11H,2-3,6,8H2,1H3/t9-/m0/s1. The molecule has 0 aliphatic carbocycles. The van der Waals surface area contributed by atoms with Gasteiger partial charge in [-0.05, 0) is 19.9 Å². The van der Waals surface area contributed by atoms with Gasteiger partial charge in [-0.3, -0.25) is 4.98 Å². The summed E-state index contributed by atoms with van der Waals surface area (Å²) in [6.07, 6.45) is 6.02. The molecule has 94 valence electrons. The number of likely N-dealkylation sites (N-methyl/N-ethyl adjacent to an activating group) is 1. The van der Waals surface area contributed by atoms with Crippen molar-refractivity contribution in [1.82, 2.24) is 19.6 Å². The molecule has 1 aliphatic heterocycles. The second-order valence-corrected chi connectivity index (χ2v) is 5.92. The van der Waals surface area contributed by atoms with E-state index in [0.717, 1.165) is 12.8 Å². The minimum absolute atomic E-state index is 0.0248. The van der Waals surface area contributed by atoms with Crippen molar-refractivity contribution < 1.29 is 8.42 Å². The molecule has 1 fully saturated rings. The Hall–Kier alpha value is -1.05. The van der Waals surface area contributed by atoms with Crippen LogP contribution in [0.4, 0.5) is 0 Å². The number of rotatable bonds is 3. The van der Waals surface area contributed by atoms with Crippen LogP contribution in [0.5, 0.6) is 0 Å². The van der Waals surface area contributed by atoms with Crippen LogP contribution in [0.3, 0.4) is 0 Å². The van der Waals surface area contributed by atoms with E-state index >= 15 is 0 Å². The number of nitrogens with one attached hydrogen (secondary N) is 1. The van der Waals surface area contributed by atoms with E-state index in [4.69, 9.17) is 0 Å². The molecule has 1 N–H and O–H groups in total. The molecule has 1 aliphatic rings. The van der Waals surface area contributed by atoms with Gasteiger partial charge in [-0.2, -0.15) is 4.31 Å². The van der Waals surface area contributed by atoms with Crippen molar-refractivity contribution in [3.8, 4) is 0 Å². The van der Waals surface area contributed by atoms with Gasteiger partial charge in [-0.25, -0.2) is 13.4 Å². The molecule has 1 atom stereocenters. The summed E-state index contributed by atoms with van der Waals surface area (Å²) >= 11 is 0. The van der Waals surface area contributed by atoms with Crippen LogP contribution in [0.25, 0.3) is 0 Å². The Morgan fingerprint density at radius 3 is 2.94 bits per heavy atom. The summed E-state index contributed by atoms with van der Waals surface area (Å²) < 4.78 is 26.0. The molecule has 2 rings (SSSR count). The molecule has 0 amide bonds. The minimum atomic E-state index is -3.49. The second-order valence-electron chi connectivity index (χ2n) is 4.03. The minimum Gasteiger partial charge on any atom is -0.316 e. The average Bonchev–Trinajstić information content (AvgIpc) is 2.40. The van der Waals surface area contributed by atoms with Gasteiger partial charge < -0.3 is 5.32 Å². The first-order chi connectivity index (χ1) is 8.14. The third-order valence-electron chi connectivity index (χ3n) is 2.94. The zero-order valence-electron chi connectivity index (χ0n) is 9.70. The van der Waals surface area contributed by atoms with Gasteiger partial charge in [0.25, 0.3) is 10.0 Å². The monoisotopic (exact) mass is 256 g/mol. The third kappa shape index (κ3) is 2.62. The average molecular weight is 256 g/mol. The Morgan fingerprint density at radius 2 is 2.29 bits per heavy atom. The smallest absolute Gasteiger partial charge is 0.262 e. The normalized spacial score (nSPS) is 22.5. The van der Waals surface area contributed by atoms with Crippen molar-refractivity contribution in [2.24, 2.45) is 0 Å². The summed E-state index contributed by atoms with van der Waals surface area (Å²) in [4.78, 5) is 7.66. The molecule has 0 radical (unpaired) electrons. The SMILES string of the molecule is CN[C@H]1CCCN(S(=O)(=O)c2cnccn2)C1. The van der Waals surface area contributed by atoms with Gasteiger partial charge in [-0.1, -0.05) is 0 Å². The summed E-state index contributed by atoms with van der Waals surface area (Å²) in [6, 6.07) is 0.218. The molecule has 1 aromatic heterocycles. The van der Waals surface area contributed by atoms with Gasteiger partial charge in [0.1, 0.15) is 0 Å². The lowest BCUT2D eigenvalue weighted by Crippen LogP contribution is -2.47. The van der Waals surface area contributed by atoms with Gasteiger partial charge in [0.05, 0.1) is 6.20 Å².